The fraction of sp³-hybridized carbons (Fsp3) is 0.182. The summed E-state index contributed by atoms with van der Waals surface area (Å²) in [6.45, 7) is 4.02. The van der Waals surface area contributed by atoms with E-state index < -0.39 is 0 Å². The number of nitrogens with two attached hydrogens (primary N) is 1. The van der Waals surface area contributed by atoms with Crippen LogP contribution in [0.1, 0.15) is 11.1 Å². The van der Waals surface area contributed by atoms with E-state index >= 15 is 0 Å². The average molecular weight is 223 g/mol. The summed E-state index contributed by atoms with van der Waals surface area (Å²) in [5, 5.41) is 4.34. The second-order valence-corrected chi connectivity index (χ2v) is 3.95. The van der Waals surface area contributed by atoms with Gasteiger partial charge >= 0.3 is 0 Å². The predicted octanol–water partition coefficient (Wildman–Crippen LogP) is 3.19. The quantitative estimate of drug-likeness (QED) is 0.806. The molecule has 0 saturated heterocycles. The molecule has 1 heterocycles. The van der Waals surface area contributed by atoms with Crippen LogP contribution in [0.2, 0.25) is 5.02 Å². The minimum Gasteiger partial charge on any atom is -0.381 e. The maximum atomic E-state index is 5.99. The van der Waals surface area contributed by atoms with Gasteiger partial charge in [0, 0.05) is 16.7 Å². The maximum Gasteiger partial charge on any atom is 0.169 e. The third-order valence-electron chi connectivity index (χ3n) is 2.43. The van der Waals surface area contributed by atoms with Crippen molar-refractivity contribution in [3.05, 3.63) is 34.3 Å². The van der Waals surface area contributed by atoms with E-state index in [0.717, 1.165) is 16.7 Å². The molecular weight excluding hydrogens is 212 g/mol. The molecule has 0 aliphatic rings. The van der Waals surface area contributed by atoms with Gasteiger partial charge in [0.2, 0.25) is 0 Å². The summed E-state index contributed by atoms with van der Waals surface area (Å²) in [5.74, 6) is 1.03. The van der Waals surface area contributed by atoms with Gasteiger partial charge in [-0.1, -0.05) is 16.8 Å². The fourth-order valence-electron chi connectivity index (χ4n) is 1.49. The number of halogens is 1. The number of nitrogen functional groups attached to an aromatic ring is 1. The van der Waals surface area contributed by atoms with Gasteiger partial charge in [-0.3, -0.25) is 0 Å². The molecule has 0 aliphatic heterocycles. The first-order valence-corrected chi connectivity index (χ1v) is 4.95. The summed E-state index contributed by atoms with van der Waals surface area (Å²) in [7, 11) is 0. The third-order valence-corrected chi connectivity index (χ3v) is 2.64. The van der Waals surface area contributed by atoms with Gasteiger partial charge in [-0.05, 0) is 37.1 Å². The van der Waals surface area contributed by atoms with E-state index in [1.54, 1.807) is 6.07 Å². The number of nitrogens with zero attached hydrogens (tertiary/aromatic N) is 1. The van der Waals surface area contributed by atoms with Crippen LogP contribution in [0.3, 0.4) is 0 Å². The van der Waals surface area contributed by atoms with Crippen molar-refractivity contribution >= 4 is 17.4 Å². The second kappa shape index (κ2) is 3.59. The summed E-state index contributed by atoms with van der Waals surface area (Å²) >= 11 is 5.99. The van der Waals surface area contributed by atoms with Crippen LogP contribution >= 0.6 is 11.6 Å². The standard InChI is InChI=1S/C11H11ClN2O/c1-6-3-8(12)4-9(7(6)2)10-5-11(13)14-15-10/h3-5H,1-2H3,(H2,13,14). The topological polar surface area (TPSA) is 52.0 Å². The zero-order chi connectivity index (χ0) is 11.0. The Morgan fingerprint density at radius 3 is 2.60 bits per heavy atom. The molecule has 78 valence electrons. The lowest BCUT2D eigenvalue weighted by molar-refractivity contribution is 0.435. The van der Waals surface area contributed by atoms with Crippen LogP contribution in [0.5, 0.6) is 0 Å². The van der Waals surface area contributed by atoms with Crippen molar-refractivity contribution < 1.29 is 4.52 Å². The van der Waals surface area contributed by atoms with E-state index in [1.165, 1.54) is 0 Å². The molecule has 0 radical (unpaired) electrons. The van der Waals surface area contributed by atoms with Crippen molar-refractivity contribution in [2.75, 3.05) is 5.73 Å². The summed E-state index contributed by atoms with van der Waals surface area (Å²) in [6.07, 6.45) is 0. The highest BCUT2D eigenvalue weighted by atomic mass is 35.5. The molecule has 2 rings (SSSR count). The van der Waals surface area contributed by atoms with Gasteiger partial charge in [0.05, 0.1) is 0 Å². The molecule has 0 saturated carbocycles. The molecule has 0 fully saturated rings. The molecule has 0 amide bonds. The van der Waals surface area contributed by atoms with Gasteiger partial charge in [-0.25, -0.2) is 0 Å². The van der Waals surface area contributed by atoms with Crippen molar-refractivity contribution in [1.29, 1.82) is 0 Å². The summed E-state index contributed by atoms with van der Waals surface area (Å²) in [5.41, 5.74) is 8.68. The largest absolute Gasteiger partial charge is 0.381 e. The minimum atomic E-state index is 0.377. The number of rotatable bonds is 1. The van der Waals surface area contributed by atoms with Gasteiger partial charge in [0.25, 0.3) is 0 Å². The summed E-state index contributed by atoms with van der Waals surface area (Å²) in [4.78, 5) is 0. The van der Waals surface area contributed by atoms with Crippen LogP contribution in [0, 0.1) is 13.8 Å². The van der Waals surface area contributed by atoms with E-state index in [-0.39, 0.29) is 0 Å². The number of hydrogen-bond acceptors (Lipinski definition) is 3. The molecule has 0 bridgehead atoms. The molecule has 0 spiro atoms. The van der Waals surface area contributed by atoms with E-state index in [0.29, 0.717) is 16.6 Å². The van der Waals surface area contributed by atoms with Crippen LogP contribution < -0.4 is 5.73 Å². The number of anilines is 1. The zero-order valence-corrected chi connectivity index (χ0v) is 9.30. The molecule has 1 aromatic heterocycles. The molecule has 1 aromatic carbocycles. The molecule has 2 aromatic rings. The van der Waals surface area contributed by atoms with Crippen molar-refractivity contribution in [1.82, 2.24) is 5.16 Å². The van der Waals surface area contributed by atoms with Crippen molar-refractivity contribution in [2.45, 2.75) is 13.8 Å². The zero-order valence-electron chi connectivity index (χ0n) is 8.54. The first-order valence-electron chi connectivity index (χ1n) is 4.57. The predicted molar refractivity (Wildman–Crippen MR) is 60.8 cm³/mol. The van der Waals surface area contributed by atoms with Crippen LogP contribution in [0.25, 0.3) is 11.3 Å². The summed E-state index contributed by atoms with van der Waals surface area (Å²) < 4.78 is 5.11. The van der Waals surface area contributed by atoms with Gasteiger partial charge < -0.3 is 10.3 Å². The first-order chi connectivity index (χ1) is 7.08. The van der Waals surface area contributed by atoms with E-state index in [1.807, 2.05) is 26.0 Å². The van der Waals surface area contributed by atoms with E-state index in [4.69, 9.17) is 21.9 Å². The Labute approximate surface area is 92.8 Å². The lowest BCUT2D eigenvalue weighted by Crippen LogP contribution is -1.86. The van der Waals surface area contributed by atoms with Gasteiger partial charge in [-0.2, -0.15) is 0 Å². The lowest BCUT2D eigenvalue weighted by atomic mass is 10.0. The van der Waals surface area contributed by atoms with Crippen LogP contribution in [0.15, 0.2) is 22.7 Å². The monoisotopic (exact) mass is 222 g/mol. The Kier molecular flexibility index (Phi) is 2.40. The normalized spacial score (nSPS) is 10.6. The Morgan fingerprint density at radius 2 is 2.00 bits per heavy atom. The fourth-order valence-corrected chi connectivity index (χ4v) is 1.76. The van der Waals surface area contributed by atoms with Crippen molar-refractivity contribution in [3.8, 4) is 11.3 Å². The van der Waals surface area contributed by atoms with Crippen LogP contribution in [-0.4, -0.2) is 5.16 Å². The summed E-state index contributed by atoms with van der Waals surface area (Å²) in [6, 6.07) is 5.46. The van der Waals surface area contributed by atoms with Gasteiger partial charge in [0.1, 0.15) is 0 Å². The molecule has 3 nitrogen and oxygen atoms in total. The first kappa shape index (κ1) is 10.1. The van der Waals surface area contributed by atoms with E-state index in [9.17, 15) is 0 Å². The smallest absolute Gasteiger partial charge is 0.169 e. The number of benzene rings is 1. The highest BCUT2D eigenvalue weighted by molar-refractivity contribution is 6.31. The molecule has 0 unspecified atom stereocenters. The van der Waals surface area contributed by atoms with Gasteiger partial charge in [0.15, 0.2) is 11.6 Å². The molecule has 0 aliphatic carbocycles. The Morgan fingerprint density at radius 1 is 1.27 bits per heavy atom. The number of aromatic nitrogens is 1. The Balaban J connectivity index is 2.62. The third kappa shape index (κ3) is 1.83. The molecule has 0 atom stereocenters. The Bertz CT molecular complexity index is 505. The van der Waals surface area contributed by atoms with Gasteiger partial charge in [-0.15, -0.1) is 0 Å². The Hall–Kier alpha value is -1.48. The number of aryl methyl sites for hydroxylation is 1. The minimum absolute atomic E-state index is 0.377. The highest BCUT2D eigenvalue weighted by Gasteiger charge is 2.10. The van der Waals surface area contributed by atoms with Crippen molar-refractivity contribution in [2.24, 2.45) is 0 Å². The molecule has 15 heavy (non-hydrogen) atoms. The number of hydrogen-bond donors (Lipinski definition) is 1. The van der Waals surface area contributed by atoms with Crippen LogP contribution in [-0.2, 0) is 0 Å². The van der Waals surface area contributed by atoms with Crippen molar-refractivity contribution in [3.63, 3.8) is 0 Å². The average Bonchev–Trinajstić information content (AvgIpc) is 2.58. The molecule has 4 heteroatoms. The second-order valence-electron chi connectivity index (χ2n) is 3.51. The highest BCUT2D eigenvalue weighted by Crippen LogP contribution is 2.29. The van der Waals surface area contributed by atoms with Crippen LogP contribution in [0.4, 0.5) is 5.82 Å². The van der Waals surface area contributed by atoms with E-state index in [2.05, 4.69) is 5.16 Å². The SMILES string of the molecule is Cc1cc(Cl)cc(-c2cc(N)no2)c1C. The molecule has 2 N–H and O–H groups in total. The molecular formula is C11H11ClN2O. The maximum absolute atomic E-state index is 5.99. The lowest BCUT2D eigenvalue weighted by Gasteiger charge is -2.06.